The molecule has 17 heavy (non-hydrogen) atoms. The summed E-state index contributed by atoms with van der Waals surface area (Å²) in [7, 11) is 1.75. The van der Waals surface area contributed by atoms with E-state index in [2.05, 4.69) is 0 Å². The average Bonchev–Trinajstić information content (AvgIpc) is 2.38. The van der Waals surface area contributed by atoms with Gasteiger partial charge in [-0.1, -0.05) is 0 Å². The van der Waals surface area contributed by atoms with Crippen LogP contribution in [-0.2, 0) is 14.3 Å². The fraction of sp³-hybridized carbons (Fsp3) is 0.917. The lowest BCUT2D eigenvalue weighted by molar-refractivity contribution is -0.163. The van der Waals surface area contributed by atoms with Crippen molar-refractivity contribution in [3.63, 3.8) is 0 Å². The Morgan fingerprint density at radius 1 is 1.65 bits per heavy atom. The van der Waals surface area contributed by atoms with Gasteiger partial charge in [0.15, 0.2) is 0 Å². The normalized spacial score (nSPS) is 34.0. The summed E-state index contributed by atoms with van der Waals surface area (Å²) in [6.07, 6.45) is 4.10. The molecule has 0 aromatic carbocycles. The van der Waals surface area contributed by atoms with Crippen LogP contribution in [0, 0.1) is 0 Å². The maximum atomic E-state index is 11.7. The number of likely N-dealkylation sites (tertiary alicyclic amines) is 1. The highest BCUT2D eigenvalue weighted by Gasteiger charge is 2.42. The van der Waals surface area contributed by atoms with Gasteiger partial charge in [0.1, 0.15) is 0 Å². The number of carbonyl (C=O) groups is 1. The number of methoxy groups -OCH3 is 1. The van der Waals surface area contributed by atoms with Crippen LogP contribution in [-0.4, -0.2) is 55.9 Å². The van der Waals surface area contributed by atoms with Gasteiger partial charge in [0, 0.05) is 33.2 Å². The molecule has 98 valence electrons. The Hall–Kier alpha value is -0.650. The van der Waals surface area contributed by atoms with Crippen molar-refractivity contribution in [1.82, 2.24) is 4.90 Å². The zero-order chi connectivity index (χ0) is 12.3. The Labute approximate surface area is 102 Å². The Bertz CT molecular complexity index is 281. The van der Waals surface area contributed by atoms with Gasteiger partial charge in [0.25, 0.3) is 0 Å². The van der Waals surface area contributed by atoms with Gasteiger partial charge in [-0.15, -0.1) is 0 Å². The molecule has 0 aromatic rings. The molecule has 1 spiro atoms. The van der Waals surface area contributed by atoms with E-state index in [-0.39, 0.29) is 24.2 Å². The summed E-state index contributed by atoms with van der Waals surface area (Å²) < 4.78 is 11.4. The van der Waals surface area contributed by atoms with Crippen molar-refractivity contribution in [3.05, 3.63) is 0 Å². The van der Waals surface area contributed by atoms with Crippen LogP contribution in [0.2, 0.25) is 0 Å². The van der Waals surface area contributed by atoms with Crippen molar-refractivity contribution in [2.75, 3.05) is 33.4 Å². The monoisotopic (exact) mass is 242 g/mol. The van der Waals surface area contributed by atoms with Crippen LogP contribution in [0.15, 0.2) is 0 Å². The van der Waals surface area contributed by atoms with Crippen LogP contribution in [0.1, 0.15) is 25.7 Å². The molecule has 0 radical (unpaired) electrons. The molecule has 5 nitrogen and oxygen atoms in total. The van der Waals surface area contributed by atoms with E-state index in [4.69, 9.17) is 15.2 Å². The van der Waals surface area contributed by atoms with Crippen LogP contribution in [0.4, 0.5) is 0 Å². The summed E-state index contributed by atoms with van der Waals surface area (Å²) >= 11 is 0. The van der Waals surface area contributed by atoms with E-state index in [1.54, 1.807) is 7.11 Å². The second kappa shape index (κ2) is 5.33. The van der Waals surface area contributed by atoms with Gasteiger partial charge in [-0.3, -0.25) is 4.79 Å². The lowest BCUT2D eigenvalue weighted by atomic mass is 9.84. The Morgan fingerprint density at radius 2 is 2.47 bits per heavy atom. The molecule has 2 rings (SSSR count). The molecular formula is C12H22N2O3. The highest BCUT2D eigenvalue weighted by molar-refractivity contribution is 5.78. The van der Waals surface area contributed by atoms with E-state index in [1.807, 2.05) is 4.90 Å². The lowest BCUT2D eigenvalue weighted by Gasteiger charge is -2.46. The van der Waals surface area contributed by atoms with Crippen LogP contribution in [0.3, 0.4) is 0 Å². The molecule has 2 heterocycles. The smallest absolute Gasteiger partial charge is 0.236 e. The van der Waals surface area contributed by atoms with E-state index in [9.17, 15) is 4.79 Å². The molecule has 2 fully saturated rings. The number of nitrogens with two attached hydrogens (primary N) is 1. The first-order valence-corrected chi connectivity index (χ1v) is 6.34. The lowest BCUT2D eigenvalue weighted by Crippen LogP contribution is -2.56. The minimum absolute atomic E-state index is 0.0206. The Kier molecular flexibility index (Phi) is 4.01. The van der Waals surface area contributed by atoms with Gasteiger partial charge < -0.3 is 20.1 Å². The molecule has 2 aliphatic rings. The minimum atomic E-state index is -0.192. The Morgan fingerprint density at radius 3 is 3.18 bits per heavy atom. The molecule has 0 saturated carbocycles. The molecule has 2 unspecified atom stereocenters. The molecule has 2 atom stereocenters. The van der Waals surface area contributed by atoms with E-state index in [0.717, 1.165) is 38.8 Å². The highest BCUT2D eigenvalue weighted by atomic mass is 16.5. The quantitative estimate of drug-likeness (QED) is 0.747. The number of rotatable bonds is 2. The third-order valence-electron chi connectivity index (χ3n) is 3.85. The van der Waals surface area contributed by atoms with Gasteiger partial charge in [0.05, 0.1) is 18.2 Å². The van der Waals surface area contributed by atoms with Crippen molar-refractivity contribution in [2.45, 2.75) is 37.4 Å². The van der Waals surface area contributed by atoms with Crippen molar-refractivity contribution >= 4 is 5.91 Å². The number of nitrogens with zero attached hydrogens (tertiary/aromatic N) is 1. The van der Waals surface area contributed by atoms with Gasteiger partial charge >= 0.3 is 0 Å². The van der Waals surface area contributed by atoms with Crippen LogP contribution in [0.25, 0.3) is 0 Å². The largest absolute Gasteiger partial charge is 0.381 e. The second-order valence-corrected chi connectivity index (χ2v) is 5.00. The van der Waals surface area contributed by atoms with E-state index < -0.39 is 0 Å². The number of carbonyl (C=O) groups excluding carboxylic acids is 1. The molecule has 0 aliphatic carbocycles. The summed E-state index contributed by atoms with van der Waals surface area (Å²) in [4.78, 5) is 13.5. The third kappa shape index (κ3) is 2.78. The van der Waals surface area contributed by atoms with Crippen molar-refractivity contribution < 1.29 is 14.3 Å². The fourth-order valence-electron chi connectivity index (χ4n) is 2.91. The summed E-state index contributed by atoms with van der Waals surface area (Å²) in [5.41, 5.74) is 5.23. The minimum Gasteiger partial charge on any atom is -0.381 e. The second-order valence-electron chi connectivity index (χ2n) is 5.00. The summed E-state index contributed by atoms with van der Waals surface area (Å²) in [5, 5.41) is 0. The van der Waals surface area contributed by atoms with Gasteiger partial charge in [0.2, 0.25) is 5.91 Å². The summed E-state index contributed by atoms with van der Waals surface area (Å²) in [6.45, 7) is 2.29. The van der Waals surface area contributed by atoms with Crippen molar-refractivity contribution in [2.24, 2.45) is 5.73 Å². The van der Waals surface area contributed by atoms with Crippen LogP contribution < -0.4 is 5.73 Å². The van der Waals surface area contributed by atoms with Crippen molar-refractivity contribution in [1.29, 1.82) is 0 Å². The number of hydrogen-bond acceptors (Lipinski definition) is 4. The number of piperidine rings is 1. The van der Waals surface area contributed by atoms with E-state index in [0.29, 0.717) is 6.54 Å². The zero-order valence-corrected chi connectivity index (χ0v) is 10.5. The first kappa shape index (κ1) is 12.8. The molecule has 5 heteroatoms. The molecular weight excluding hydrogens is 220 g/mol. The predicted molar refractivity (Wildman–Crippen MR) is 63.6 cm³/mol. The number of amides is 1. The highest BCUT2D eigenvalue weighted by Crippen LogP contribution is 2.34. The molecule has 0 aromatic heterocycles. The maximum Gasteiger partial charge on any atom is 0.236 e. The van der Waals surface area contributed by atoms with Gasteiger partial charge in [-0.05, 0) is 19.3 Å². The Balaban J connectivity index is 2.01. The van der Waals surface area contributed by atoms with Crippen LogP contribution >= 0.6 is 0 Å². The van der Waals surface area contributed by atoms with Crippen LogP contribution in [0.5, 0.6) is 0 Å². The molecule has 0 bridgehead atoms. The summed E-state index contributed by atoms with van der Waals surface area (Å²) in [6, 6.07) is 0. The fourth-order valence-corrected chi connectivity index (χ4v) is 2.91. The zero-order valence-electron chi connectivity index (χ0n) is 10.5. The standard InChI is InChI=1S/C12H22N2O3/c1-16-10-3-6-17-12(7-10)4-2-5-14(9-12)11(15)8-13/h10H,2-9,13H2,1H3. The molecule has 2 saturated heterocycles. The van der Waals surface area contributed by atoms with Gasteiger partial charge in [-0.2, -0.15) is 0 Å². The summed E-state index contributed by atoms with van der Waals surface area (Å²) in [5.74, 6) is 0.0206. The molecule has 2 aliphatic heterocycles. The number of hydrogen-bond donors (Lipinski definition) is 1. The van der Waals surface area contributed by atoms with E-state index >= 15 is 0 Å². The third-order valence-corrected chi connectivity index (χ3v) is 3.85. The molecule has 2 N–H and O–H groups in total. The number of ether oxygens (including phenoxy) is 2. The molecule has 1 amide bonds. The topological polar surface area (TPSA) is 64.8 Å². The first-order chi connectivity index (χ1) is 8.19. The van der Waals surface area contributed by atoms with Gasteiger partial charge in [-0.25, -0.2) is 0 Å². The first-order valence-electron chi connectivity index (χ1n) is 6.34. The average molecular weight is 242 g/mol. The predicted octanol–water partition coefficient (Wildman–Crippen LogP) is 0.132. The maximum absolute atomic E-state index is 11.7. The van der Waals surface area contributed by atoms with E-state index in [1.165, 1.54) is 0 Å². The van der Waals surface area contributed by atoms with Crippen molar-refractivity contribution in [3.8, 4) is 0 Å². The SMILES string of the molecule is COC1CCOC2(CCCN(C(=O)CN)C2)C1.